The molecule has 0 radical (unpaired) electrons. The molecule has 0 spiro atoms. The zero-order valence-electron chi connectivity index (χ0n) is 30.6. The SMILES string of the molecule is c1ccc([Si]2(c3ccccc3)c3ccccc3Oc3ccc4c(c32)c2cccnc2n4-c2cccc(Oc3ccc4c5ccccc5n5ccnc5c4c3)c2)cc1. The van der Waals surface area contributed by atoms with Gasteiger partial charge in [0.15, 0.2) is 8.07 Å². The highest BCUT2D eigenvalue weighted by molar-refractivity contribution is 7.21. The van der Waals surface area contributed by atoms with Crippen LogP contribution in [0.2, 0.25) is 0 Å². The fourth-order valence-electron chi connectivity index (χ4n) is 9.33. The van der Waals surface area contributed by atoms with E-state index < -0.39 is 8.07 Å². The van der Waals surface area contributed by atoms with Gasteiger partial charge in [-0.05, 0) is 87.7 Å². The van der Waals surface area contributed by atoms with E-state index in [-0.39, 0.29) is 0 Å². The molecular formula is C50H32N4O2Si. The molecule has 0 N–H and O–H groups in total. The minimum atomic E-state index is -2.96. The van der Waals surface area contributed by atoms with E-state index in [9.17, 15) is 0 Å². The molecule has 0 saturated heterocycles. The van der Waals surface area contributed by atoms with Crippen LogP contribution in [0, 0.1) is 0 Å². The number of hydrogen-bond acceptors (Lipinski definition) is 4. The van der Waals surface area contributed by atoms with Crippen LogP contribution in [0.1, 0.15) is 0 Å². The normalized spacial score (nSPS) is 13.2. The molecule has 1 aliphatic rings. The Morgan fingerprint density at radius 3 is 2.09 bits per heavy atom. The smallest absolute Gasteiger partial charge is 0.189 e. The average Bonchev–Trinajstić information content (AvgIpc) is 3.91. The number of aromatic nitrogens is 4. The number of para-hydroxylation sites is 2. The van der Waals surface area contributed by atoms with Crippen LogP contribution in [-0.2, 0) is 0 Å². The van der Waals surface area contributed by atoms with E-state index in [0.717, 1.165) is 72.6 Å². The highest BCUT2D eigenvalue weighted by Crippen LogP contribution is 2.39. The van der Waals surface area contributed by atoms with Gasteiger partial charge < -0.3 is 9.47 Å². The first-order chi connectivity index (χ1) is 28.3. The van der Waals surface area contributed by atoms with Crippen molar-refractivity contribution in [1.29, 1.82) is 0 Å². The standard InChI is InChI=1S/C50H32N4O2Si/c1-3-15-36(16-4-1)57(37-17-5-2-6-18-37)46-23-10-9-22-44(46)56-45-27-26-43-47(48(45)57)40-20-12-28-51-50(40)54(43)33-13-11-14-34(31-33)55-35-24-25-38-39-19-7-8-21-42(39)53-30-29-52-49(53)41(38)32-35/h1-32H. The summed E-state index contributed by atoms with van der Waals surface area (Å²) in [5, 5.41) is 10.7. The van der Waals surface area contributed by atoms with Gasteiger partial charge in [0.25, 0.3) is 0 Å². The number of hydrogen-bond donors (Lipinski definition) is 0. The molecule has 0 saturated carbocycles. The third-order valence-electron chi connectivity index (χ3n) is 11.6. The third-order valence-corrected chi connectivity index (χ3v) is 16.5. The maximum absolute atomic E-state index is 6.89. The van der Waals surface area contributed by atoms with Gasteiger partial charge in [-0.1, -0.05) is 103 Å². The van der Waals surface area contributed by atoms with E-state index in [1.54, 1.807) is 0 Å². The highest BCUT2D eigenvalue weighted by atomic mass is 28.3. The van der Waals surface area contributed by atoms with E-state index >= 15 is 0 Å². The van der Waals surface area contributed by atoms with E-state index in [2.05, 4.69) is 167 Å². The van der Waals surface area contributed by atoms with Crippen molar-refractivity contribution in [2.75, 3.05) is 0 Å². The molecule has 57 heavy (non-hydrogen) atoms. The second kappa shape index (κ2) is 12.3. The fraction of sp³-hybridized carbons (Fsp3) is 0. The third kappa shape index (κ3) is 4.57. The van der Waals surface area contributed by atoms with Gasteiger partial charge in [-0.3, -0.25) is 8.97 Å². The van der Waals surface area contributed by atoms with Crippen LogP contribution < -0.4 is 30.2 Å². The molecule has 268 valence electrons. The van der Waals surface area contributed by atoms with Crippen LogP contribution >= 0.6 is 0 Å². The summed E-state index contributed by atoms with van der Waals surface area (Å²) in [6, 6.07) is 62.3. The van der Waals surface area contributed by atoms with Crippen LogP contribution in [-0.4, -0.2) is 27.0 Å². The summed E-state index contributed by atoms with van der Waals surface area (Å²) in [5.41, 5.74) is 4.92. The Labute approximate surface area is 328 Å². The van der Waals surface area contributed by atoms with Gasteiger partial charge in [-0.25, -0.2) is 9.97 Å². The lowest BCUT2D eigenvalue weighted by molar-refractivity contribution is 0.483. The Morgan fingerprint density at radius 2 is 1.23 bits per heavy atom. The summed E-state index contributed by atoms with van der Waals surface area (Å²) in [5.74, 6) is 3.26. The molecule has 7 aromatic carbocycles. The number of nitrogens with zero attached hydrogens (tertiary/aromatic N) is 4. The number of rotatable bonds is 5. The van der Waals surface area contributed by atoms with Crippen LogP contribution in [0.5, 0.6) is 23.0 Å². The number of benzene rings is 7. The number of fused-ring (bicyclic) bond motifs is 12. The van der Waals surface area contributed by atoms with E-state index in [1.165, 1.54) is 26.1 Å². The summed E-state index contributed by atoms with van der Waals surface area (Å²) >= 11 is 0. The lowest BCUT2D eigenvalue weighted by Crippen LogP contribution is -2.76. The van der Waals surface area contributed by atoms with Crippen molar-refractivity contribution in [2.24, 2.45) is 0 Å². The van der Waals surface area contributed by atoms with Crippen LogP contribution in [0.4, 0.5) is 0 Å². The molecule has 6 nitrogen and oxygen atoms in total. The Balaban J connectivity index is 1.07. The first-order valence-electron chi connectivity index (χ1n) is 19.1. The van der Waals surface area contributed by atoms with Gasteiger partial charge in [0.1, 0.15) is 34.3 Å². The first-order valence-corrected chi connectivity index (χ1v) is 21.1. The maximum Gasteiger partial charge on any atom is 0.189 e. The van der Waals surface area contributed by atoms with Crippen LogP contribution in [0.3, 0.4) is 0 Å². The van der Waals surface area contributed by atoms with Crippen LogP contribution in [0.15, 0.2) is 195 Å². The quantitative estimate of drug-likeness (QED) is 0.130. The molecule has 0 bridgehead atoms. The van der Waals surface area contributed by atoms with Gasteiger partial charge in [0, 0.05) is 51.4 Å². The predicted molar refractivity (Wildman–Crippen MR) is 233 cm³/mol. The molecule has 0 amide bonds. The van der Waals surface area contributed by atoms with Crippen molar-refractivity contribution in [3.8, 4) is 28.7 Å². The van der Waals surface area contributed by atoms with Gasteiger partial charge in [-0.2, -0.15) is 0 Å². The summed E-state index contributed by atoms with van der Waals surface area (Å²) in [4.78, 5) is 9.80. The number of ether oxygens (including phenoxy) is 2. The minimum absolute atomic E-state index is 0.727. The topological polar surface area (TPSA) is 53.6 Å². The fourth-order valence-corrected chi connectivity index (χ4v) is 14.5. The Hall–Kier alpha value is -7.48. The zero-order valence-corrected chi connectivity index (χ0v) is 31.6. The minimum Gasteiger partial charge on any atom is -0.458 e. The lowest BCUT2D eigenvalue weighted by atomic mass is 10.1. The van der Waals surface area contributed by atoms with E-state index in [1.807, 2.05) is 36.8 Å². The molecule has 0 unspecified atom stereocenters. The molecule has 12 rings (SSSR count). The second-order valence-electron chi connectivity index (χ2n) is 14.6. The number of pyridine rings is 2. The van der Waals surface area contributed by atoms with Crippen molar-refractivity contribution < 1.29 is 9.47 Å². The summed E-state index contributed by atoms with van der Waals surface area (Å²) in [7, 11) is -2.96. The summed E-state index contributed by atoms with van der Waals surface area (Å²) in [6.07, 6.45) is 5.75. The maximum atomic E-state index is 6.89. The molecule has 7 heteroatoms. The van der Waals surface area contributed by atoms with Gasteiger partial charge in [0.2, 0.25) is 0 Å². The van der Waals surface area contributed by atoms with E-state index in [4.69, 9.17) is 19.4 Å². The predicted octanol–water partition coefficient (Wildman–Crippen LogP) is 9.41. The molecule has 1 aliphatic heterocycles. The molecule has 4 aromatic heterocycles. The summed E-state index contributed by atoms with van der Waals surface area (Å²) < 4.78 is 18.0. The molecule has 0 aliphatic carbocycles. The van der Waals surface area contributed by atoms with Gasteiger partial charge in [0.05, 0.1) is 16.7 Å². The van der Waals surface area contributed by atoms with Crippen molar-refractivity contribution in [3.63, 3.8) is 0 Å². The monoisotopic (exact) mass is 748 g/mol. The van der Waals surface area contributed by atoms with Gasteiger partial charge in [-0.15, -0.1) is 0 Å². The van der Waals surface area contributed by atoms with Gasteiger partial charge >= 0.3 is 0 Å². The van der Waals surface area contributed by atoms with Crippen molar-refractivity contribution in [2.45, 2.75) is 0 Å². The molecule has 0 atom stereocenters. The molecule has 5 heterocycles. The molecular weight excluding hydrogens is 717 g/mol. The molecule has 11 aromatic rings. The van der Waals surface area contributed by atoms with Crippen LogP contribution in [0.25, 0.3) is 54.9 Å². The Bertz CT molecular complexity index is 3340. The van der Waals surface area contributed by atoms with Crippen molar-refractivity contribution in [1.82, 2.24) is 18.9 Å². The zero-order chi connectivity index (χ0) is 37.5. The second-order valence-corrected chi connectivity index (χ2v) is 18.3. The van der Waals surface area contributed by atoms with Crippen molar-refractivity contribution >= 4 is 78.1 Å². The Kier molecular flexibility index (Phi) is 6.85. The average molecular weight is 749 g/mol. The largest absolute Gasteiger partial charge is 0.458 e. The first kappa shape index (κ1) is 31.8. The Morgan fingerprint density at radius 1 is 0.491 bits per heavy atom. The summed E-state index contributed by atoms with van der Waals surface area (Å²) in [6.45, 7) is 0. The highest BCUT2D eigenvalue weighted by Gasteiger charge is 2.49. The number of imidazole rings is 1. The molecule has 0 fully saturated rings. The lowest BCUT2D eigenvalue weighted by Gasteiger charge is -2.40. The van der Waals surface area contributed by atoms with E-state index in [0.29, 0.717) is 0 Å². The van der Waals surface area contributed by atoms with Crippen molar-refractivity contribution in [3.05, 3.63) is 195 Å².